The van der Waals surface area contributed by atoms with Crippen molar-refractivity contribution in [2.75, 3.05) is 16.8 Å². The molecule has 1 saturated heterocycles. The van der Waals surface area contributed by atoms with Gasteiger partial charge in [-0.3, -0.25) is 14.9 Å². The molecule has 1 unspecified atom stereocenters. The molecular weight excluding hydrogens is 336 g/mol. The third kappa shape index (κ3) is 3.80. The van der Waals surface area contributed by atoms with Crippen molar-refractivity contribution in [3.63, 3.8) is 0 Å². The van der Waals surface area contributed by atoms with Gasteiger partial charge >= 0.3 is 6.03 Å². The second-order valence-electron chi connectivity index (χ2n) is 6.10. The van der Waals surface area contributed by atoms with Crippen molar-refractivity contribution in [1.29, 1.82) is 0 Å². The average Bonchev–Trinajstić information content (AvgIpc) is 2.97. The van der Waals surface area contributed by atoms with E-state index in [-0.39, 0.29) is 24.1 Å². The Labute approximate surface area is 150 Å². The minimum absolute atomic E-state index is 0.0620. The first-order valence-electron chi connectivity index (χ1n) is 8.12. The third-order valence-electron chi connectivity index (χ3n) is 4.21. The fourth-order valence-corrected chi connectivity index (χ4v) is 2.86. The van der Waals surface area contributed by atoms with Crippen LogP contribution in [0.15, 0.2) is 48.5 Å². The highest BCUT2D eigenvalue weighted by molar-refractivity contribution is 5.97. The van der Waals surface area contributed by atoms with Crippen LogP contribution in [-0.2, 0) is 4.79 Å². The Bertz CT molecular complexity index is 854. The standard InChI is InChI=1S/C18H18N4O4/c1-12-7-8-15(22(25)26)10-16(12)20-18(24)19-13-9-17(23)21(11-13)14-5-3-2-4-6-14/h2-8,10,13H,9,11H2,1H3,(H2,19,20,24). The van der Waals surface area contributed by atoms with Crippen LogP contribution in [0.5, 0.6) is 0 Å². The van der Waals surface area contributed by atoms with Gasteiger partial charge in [-0.15, -0.1) is 0 Å². The maximum Gasteiger partial charge on any atom is 0.319 e. The third-order valence-corrected chi connectivity index (χ3v) is 4.21. The van der Waals surface area contributed by atoms with Gasteiger partial charge in [-0.1, -0.05) is 24.3 Å². The molecule has 134 valence electrons. The zero-order valence-electron chi connectivity index (χ0n) is 14.1. The van der Waals surface area contributed by atoms with Crippen molar-refractivity contribution in [1.82, 2.24) is 5.32 Å². The van der Waals surface area contributed by atoms with E-state index in [2.05, 4.69) is 10.6 Å². The first kappa shape index (κ1) is 17.4. The first-order valence-corrected chi connectivity index (χ1v) is 8.12. The Morgan fingerprint density at radius 1 is 1.23 bits per heavy atom. The van der Waals surface area contributed by atoms with Gasteiger partial charge in [0.05, 0.1) is 16.7 Å². The van der Waals surface area contributed by atoms with Gasteiger partial charge in [-0.25, -0.2) is 4.79 Å². The van der Waals surface area contributed by atoms with E-state index in [1.54, 1.807) is 17.9 Å². The molecule has 0 spiro atoms. The Hall–Kier alpha value is -3.42. The molecular formula is C18H18N4O4. The van der Waals surface area contributed by atoms with E-state index >= 15 is 0 Å². The number of anilines is 2. The highest BCUT2D eigenvalue weighted by Gasteiger charge is 2.31. The van der Waals surface area contributed by atoms with Crippen LogP contribution in [0.3, 0.4) is 0 Å². The molecule has 1 aliphatic heterocycles. The number of nitrogens with one attached hydrogen (secondary N) is 2. The maximum atomic E-state index is 12.2. The molecule has 3 amide bonds. The van der Waals surface area contributed by atoms with E-state index in [9.17, 15) is 19.7 Å². The van der Waals surface area contributed by atoms with Gasteiger partial charge in [0.25, 0.3) is 5.69 Å². The van der Waals surface area contributed by atoms with Crippen LogP contribution in [0, 0.1) is 17.0 Å². The molecule has 0 saturated carbocycles. The number of nitrogens with zero attached hydrogens (tertiary/aromatic N) is 2. The van der Waals surface area contributed by atoms with E-state index < -0.39 is 11.0 Å². The van der Waals surface area contributed by atoms with Crippen LogP contribution in [0.4, 0.5) is 21.9 Å². The molecule has 2 aromatic carbocycles. The number of rotatable bonds is 4. The van der Waals surface area contributed by atoms with Crippen molar-refractivity contribution >= 4 is 29.0 Å². The summed E-state index contributed by atoms with van der Waals surface area (Å²) in [6, 6.07) is 12.7. The normalized spacial score (nSPS) is 16.4. The van der Waals surface area contributed by atoms with E-state index in [0.29, 0.717) is 17.8 Å². The topological polar surface area (TPSA) is 105 Å². The second-order valence-corrected chi connectivity index (χ2v) is 6.10. The Kier molecular flexibility index (Phi) is 4.83. The lowest BCUT2D eigenvalue weighted by molar-refractivity contribution is -0.384. The fraction of sp³-hybridized carbons (Fsp3) is 0.222. The smallest absolute Gasteiger partial charge is 0.319 e. The lowest BCUT2D eigenvalue weighted by Gasteiger charge is -2.17. The summed E-state index contributed by atoms with van der Waals surface area (Å²) in [6.45, 7) is 2.12. The summed E-state index contributed by atoms with van der Waals surface area (Å²) in [5.41, 5.74) is 1.76. The van der Waals surface area contributed by atoms with Gasteiger partial charge in [0, 0.05) is 30.8 Å². The predicted octanol–water partition coefficient (Wildman–Crippen LogP) is 2.83. The number of aryl methyl sites for hydroxylation is 1. The van der Waals surface area contributed by atoms with Gasteiger partial charge in [-0.05, 0) is 24.6 Å². The van der Waals surface area contributed by atoms with E-state index in [1.807, 2.05) is 30.3 Å². The summed E-state index contributed by atoms with van der Waals surface area (Å²) in [4.78, 5) is 36.4. The van der Waals surface area contributed by atoms with Crippen molar-refractivity contribution in [3.05, 3.63) is 64.2 Å². The molecule has 0 radical (unpaired) electrons. The zero-order chi connectivity index (χ0) is 18.7. The Morgan fingerprint density at radius 3 is 2.65 bits per heavy atom. The van der Waals surface area contributed by atoms with Crippen molar-refractivity contribution < 1.29 is 14.5 Å². The van der Waals surface area contributed by atoms with Crippen LogP contribution >= 0.6 is 0 Å². The van der Waals surface area contributed by atoms with Crippen LogP contribution in [0.1, 0.15) is 12.0 Å². The average molecular weight is 354 g/mol. The summed E-state index contributed by atoms with van der Waals surface area (Å²) in [6.07, 6.45) is 0.205. The van der Waals surface area contributed by atoms with E-state index in [0.717, 1.165) is 5.69 Å². The van der Waals surface area contributed by atoms with E-state index in [4.69, 9.17) is 0 Å². The van der Waals surface area contributed by atoms with E-state index in [1.165, 1.54) is 12.1 Å². The quantitative estimate of drug-likeness (QED) is 0.650. The minimum Gasteiger partial charge on any atom is -0.333 e. The molecule has 3 rings (SSSR count). The number of hydrogen-bond donors (Lipinski definition) is 2. The number of carbonyl (C=O) groups excluding carboxylic acids is 2. The maximum absolute atomic E-state index is 12.2. The molecule has 2 N–H and O–H groups in total. The van der Waals surface area contributed by atoms with Crippen molar-refractivity contribution in [3.8, 4) is 0 Å². The SMILES string of the molecule is Cc1ccc([N+](=O)[O-])cc1NC(=O)NC1CC(=O)N(c2ccccc2)C1. The molecule has 1 fully saturated rings. The van der Waals surface area contributed by atoms with Gasteiger partial charge in [0.1, 0.15) is 0 Å². The van der Waals surface area contributed by atoms with Crippen LogP contribution in [-0.4, -0.2) is 29.4 Å². The fourth-order valence-electron chi connectivity index (χ4n) is 2.86. The van der Waals surface area contributed by atoms with Gasteiger partial charge in [0.2, 0.25) is 5.91 Å². The molecule has 1 atom stereocenters. The molecule has 0 aromatic heterocycles. The number of para-hydroxylation sites is 1. The van der Waals surface area contributed by atoms with Crippen LogP contribution in [0.2, 0.25) is 0 Å². The number of nitro groups is 1. The zero-order valence-corrected chi connectivity index (χ0v) is 14.1. The minimum atomic E-state index is -0.518. The number of amides is 3. The highest BCUT2D eigenvalue weighted by atomic mass is 16.6. The number of benzene rings is 2. The lowest BCUT2D eigenvalue weighted by atomic mass is 10.2. The predicted molar refractivity (Wildman–Crippen MR) is 97.2 cm³/mol. The first-order chi connectivity index (χ1) is 12.4. The molecule has 0 bridgehead atoms. The molecule has 26 heavy (non-hydrogen) atoms. The molecule has 1 aliphatic rings. The Balaban J connectivity index is 1.63. The molecule has 1 heterocycles. The summed E-state index contributed by atoms with van der Waals surface area (Å²) < 4.78 is 0. The highest BCUT2D eigenvalue weighted by Crippen LogP contribution is 2.23. The van der Waals surface area contributed by atoms with Gasteiger partial charge < -0.3 is 15.5 Å². The lowest BCUT2D eigenvalue weighted by Crippen LogP contribution is -2.39. The molecule has 8 nitrogen and oxygen atoms in total. The summed E-state index contributed by atoms with van der Waals surface area (Å²) >= 11 is 0. The number of urea groups is 1. The molecule has 0 aliphatic carbocycles. The second kappa shape index (κ2) is 7.22. The van der Waals surface area contributed by atoms with Gasteiger partial charge in [-0.2, -0.15) is 0 Å². The number of hydrogen-bond acceptors (Lipinski definition) is 4. The molecule has 8 heteroatoms. The molecule has 2 aromatic rings. The monoisotopic (exact) mass is 354 g/mol. The summed E-state index contributed by atoms with van der Waals surface area (Å²) in [7, 11) is 0. The summed E-state index contributed by atoms with van der Waals surface area (Å²) in [5, 5.41) is 16.2. The Morgan fingerprint density at radius 2 is 1.96 bits per heavy atom. The largest absolute Gasteiger partial charge is 0.333 e. The summed E-state index contributed by atoms with van der Waals surface area (Å²) in [5.74, 6) is -0.0620. The van der Waals surface area contributed by atoms with Crippen molar-refractivity contribution in [2.24, 2.45) is 0 Å². The number of nitro benzene ring substituents is 1. The van der Waals surface area contributed by atoms with Crippen LogP contribution < -0.4 is 15.5 Å². The number of non-ortho nitro benzene ring substituents is 1. The van der Waals surface area contributed by atoms with Crippen molar-refractivity contribution in [2.45, 2.75) is 19.4 Å². The van der Waals surface area contributed by atoms with Crippen LogP contribution in [0.25, 0.3) is 0 Å². The van der Waals surface area contributed by atoms with Gasteiger partial charge in [0.15, 0.2) is 0 Å². The number of carbonyl (C=O) groups is 2.